The van der Waals surface area contributed by atoms with Gasteiger partial charge in [0.05, 0.1) is 29.4 Å². The number of phenolic OH excluding ortho intramolecular Hbond substituents is 8. The highest BCUT2D eigenvalue weighted by Crippen LogP contribution is 2.41. The van der Waals surface area contributed by atoms with Gasteiger partial charge in [0.15, 0.2) is 46.0 Å². The molecule has 0 saturated carbocycles. The number of phenols is 8. The summed E-state index contributed by atoms with van der Waals surface area (Å²) < 4.78 is 19.6. The Labute approximate surface area is 256 Å². The number of ether oxygens (including phenoxy) is 4. The fourth-order valence-electron chi connectivity index (χ4n) is 3.84. The van der Waals surface area contributed by atoms with Crippen LogP contribution in [0.4, 0.5) is 0 Å². The second-order valence-corrected chi connectivity index (χ2v) is 9.35. The van der Waals surface area contributed by atoms with Crippen LogP contribution in [0.25, 0.3) is 0 Å². The molecule has 16 heteroatoms. The van der Waals surface area contributed by atoms with Crippen LogP contribution in [0.15, 0.2) is 48.5 Å². The van der Waals surface area contributed by atoms with E-state index in [1.807, 2.05) is 0 Å². The van der Waals surface area contributed by atoms with Crippen molar-refractivity contribution in [2.75, 3.05) is 7.11 Å². The summed E-state index contributed by atoms with van der Waals surface area (Å²) in [6.07, 6.45) is 0. The molecule has 0 spiro atoms. The maximum atomic E-state index is 12.9. The average molecular weight is 638 g/mol. The summed E-state index contributed by atoms with van der Waals surface area (Å²) in [5, 5.41) is 80.1. The van der Waals surface area contributed by atoms with E-state index in [1.165, 1.54) is 6.92 Å². The minimum Gasteiger partial charge on any atom is -0.504 e. The van der Waals surface area contributed by atoms with Gasteiger partial charge in [-0.25, -0.2) is 19.2 Å². The first-order valence-corrected chi connectivity index (χ1v) is 12.6. The van der Waals surface area contributed by atoms with Gasteiger partial charge in [-0.2, -0.15) is 0 Å². The quantitative estimate of drug-likeness (QED) is 0.0820. The predicted octanol–water partition coefficient (Wildman–Crippen LogP) is 3.08. The fraction of sp³-hybridized carbons (Fsp3) is 0.0667. The van der Waals surface area contributed by atoms with Crippen molar-refractivity contribution in [1.29, 1.82) is 0 Å². The second kappa shape index (κ2) is 12.4. The maximum Gasteiger partial charge on any atom is 0.343 e. The molecule has 4 aromatic rings. The van der Waals surface area contributed by atoms with Crippen LogP contribution >= 0.6 is 0 Å². The van der Waals surface area contributed by atoms with Gasteiger partial charge in [0, 0.05) is 0 Å². The molecule has 0 atom stereocenters. The molecule has 0 bridgehead atoms. The minimum atomic E-state index is -1.38. The minimum absolute atomic E-state index is 0.107. The molecule has 0 aliphatic rings. The monoisotopic (exact) mass is 638 g/mol. The highest BCUT2D eigenvalue weighted by Gasteiger charge is 2.25. The van der Waals surface area contributed by atoms with E-state index in [1.54, 1.807) is 0 Å². The first kappa shape index (κ1) is 32.1. The Hall–Kier alpha value is -6.84. The SMILES string of the molecule is COC(=O)c1cc(O)c(O)c(OC(=O)c2cc(O)c(O)c(OC(=O)c3cc(O)c(O)c(OC(=O)c4cc(C)c(O)c(O)c4)c3)c2)c1. The number of aromatic hydroxyl groups is 8. The summed E-state index contributed by atoms with van der Waals surface area (Å²) in [7, 11) is 1.04. The highest BCUT2D eigenvalue weighted by atomic mass is 16.6. The van der Waals surface area contributed by atoms with Crippen molar-refractivity contribution in [3.63, 3.8) is 0 Å². The number of carbonyl (C=O) groups is 4. The van der Waals surface area contributed by atoms with Gasteiger partial charge in [-0.1, -0.05) is 0 Å². The lowest BCUT2D eigenvalue weighted by atomic mass is 10.1. The van der Waals surface area contributed by atoms with Crippen LogP contribution in [-0.4, -0.2) is 71.8 Å². The number of methoxy groups -OCH3 is 1. The van der Waals surface area contributed by atoms with Gasteiger partial charge in [-0.05, 0) is 61.0 Å². The summed E-state index contributed by atoms with van der Waals surface area (Å²) in [4.78, 5) is 50.1. The van der Waals surface area contributed by atoms with Crippen LogP contribution in [-0.2, 0) is 4.74 Å². The van der Waals surface area contributed by atoms with Crippen LogP contribution in [0.3, 0.4) is 0 Å². The zero-order valence-electron chi connectivity index (χ0n) is 23.5. The molecule has 0 aromatic heterocycles. The number of aryl methyl sites for hydroxylation is 1. The van der Waals surface area contributed by atoms with Crippen molar-refractivity contribution < 1.29 is 79.0 Å². The van der Waals surface area contributed by atoms with Crippen molar-refractivity contribution in [1.82, 2.24) is 0 Å². The summed E-state index contributed by atoms with van der Waals surface area (Å²) in [5.74, 6) is -14.0. The summed E-state index contributed by atoms with van der Waals surface area (Å²) >= 11 is 0. The molecular weight excluding hydrogens is 616 g/mol. The number of hydrogen-bond acceptors (Lipinski definition) is 16. The van der Waals surface area contributed by atoms with Crippen molar-refractivity contribution in [3.05, 3.63) is 76.3 Å². The van der Waals surface area contributed by atoms with Gasteiger partial charge in [-0.3, -0.25) is 0 Å². The number of benzene rings is 4. The highest BCUT2D eigenvalue weighted by molar-refractivity contribution is 5.97. The third-order valence-corrected chi connectivity index (χ3v) is 6.18. The molecule has 4 rings (SSSR count). The van der Waals surface area contributed by atoms with Crippen LogP contribution in [0, 0.1) is 6.92 Å². The van der Waals surface area contributed by atoms with Crippen molar-refractivity contribution in [2.45, 2.75) is 6.92 Å². The largest absolute Gasteiger partial charge is 0.504 e. The van der Waals surface area contributed by atoms with Crippen LogP contribution in [0.2, 0.25) is 0 Å². The Morgan fingerprint density at radius 2 is 0.717 bits per heavy atom. The van der Waals surface area contributed by atoms with E-state index in [4.69, 9.17) is 14.2 Å². The lowest BCUT2D eigenvalue weighted by Crippen LogP contribution is -2.13. The van der Waals surface area contributed by atoms with Crippen molar-refractivity contribution in [2.24, 2.45) is 0 Å². The molecule has 0 amide bonds. The molecule has 46 heavy (non-hydrogen) atoms. The van der Waals surface area contributed by atoms with Crippen LogP contribution in [0.1, 0.15) is 47.0 Å². The van der Waals surface area contributed by atoms with E-state index < -0.39 is 98.2 Å². The predicted molar refractivity (Wildman–Crippen MR) is 150 cm³/mol. The topological polar surface area (TPSA) is 267 Å². The lowest BCUT2D eigenvalue weighted by molar-refractivity contribution is 0.0596. The van der Waals surface area contributed by atoms with Crippen molar-refractivity contribution in [3.8, 4) is 63.2 Å². The van der Waals surface area contributed by atoms with Gasteiger partial charge in [-0.15, -0.1) is 0 Å². The number of hydrogen-bond donors (Lipinski definition) is 8. The Bertz CT molecular complexity index is 1900. The molecule has 238 valence electrons. The van der Waals surface area contributed by atoms with Gasteiger partial charge in [0.1, 0.15) is 0 Å². The molecular formula is C30H22O16. The number of esters is 4. The molecule has 8 N–H and O–H groups in total. The summed E-state index contributed by atoms with van der Waals surface area (Å²) in [5.41, 5.74) is -1.62. The molecule has 0 saturated heterocycles. The zero-order chi connectivity index (χ0) is 34.0. The Kier molecular flexibility index (Phi) is 8.66. The molecule has 0 aliphatic carbocycles. The van der Waals surface area contributed by atoms with Gasteiger partial charge < -0.3 is 59.8 Å². The third kappa shape index (κ3) is 6.40. The van der Waals surface area contributed by atoms with E-state index in [2.05, 4.69) is 4.74 Å². The second-order valence-electron chi connectivity index (χ2n) is 9.35. The van der Waals surface area contributed by atoms with Gasteiger partial charge in [0.2, 0.25) is 17.2 Å². The van der Waals surface area contributed by atoms with E-state index in [-0.39, 0.29) is 16.7 Å². The summed E-state index contributed by atoms with van der Waals surface area (Å²) in [6, 6.07) is 6.62. The normalized spacial score (nSPS) is 10.6. The fourth-order valence-corrected chi connectivity index (χ4v) is 3.84. The standard InChI is InChI=1S/C30H22O16/c1-11-3-12(4-16(31)23(11)35)28(40)44-21-9-14(6-18(33)25(21)37)30(42)46-22-10-15(7-19(34)26(22)38)29(41)45-20-8-13(27(39)43-2)5-17(32)24(20)36/h3-10,31-38H,1-2H3. The Morgan fingerprint density at radius 3 is 1.02 bits per heavy atom. The van der Waals surface area contributed by atoms with Crippen LogP contribution < -0.4 is 14.2 Å². The van der Waals surface area contributed by atoms with E-state index in [0.29, 0.717) is 12.1 Å². The zero-order valence-corrected chi connectivity index (χ0v) is 23.5. The Morgan fingerprint density at radius 1 is 0.435 bits per heavy atom. The molecule has 4 aromatic carbocycles. The maximum absolute atomic E-state index is 12.9. The van der Waals surface area contributed by atoms with Crippen molar-refractivity contribution >= 4 is 23.9 Å². The van der Waals surface area contributed by atoms with Crippen LogP contribution in [0.5, 0.6) is 63.2 Å². The summed E-state index contributed by atoms with van der Waals surface area (Å²) in [6.45, 7) is 1.38. The smallest absolute Gasteiger partial charge is 0.343 e. The number of carbonyl (C=O) groups excluding carboxylic acids is 4. The first-order valence-electron chi connectivity index (χ1n) is 12.6. The van der Waals surface area contributed by atoms with E-state index in [0.717, 1.165) is 43.5 Å². The van der Waals surface area contributed by atoms with Gasteiger partial charge >= 0.3 is 23.9 Å². The average Bonchev–Trinajstić information content (AvgIpc) is 3.01. The molecule has 0 unspecified atom stereocenters. The molecule has 0 aliphatic heterocycles. The van der Waals surface area contributed by atoms with Gasteiger partial charge in [0.25, 0.3) is 0 Å². The van der Waals surface area contributed by atoms with E-state index in [9.17, 15) is 60.0 Å². The molecule has 0 fully saturated rings. The van der Waals surface area contributed by atoms with E-state index >= 15 is 0 Å². The molecule has 0 radical (unpaired) electrons. The third-order valence-electron chi connectivity index (χ3n) is 6.18. The first-order chi connectivity index (χ1) is 21.6. The Balaban J connectivity index is 1.60. The number of rotatable bonds is 7. The molecule has 0 heterocycles. The molecule has 16 nitrogen and oxygen atoms in total. The lowest BCUT2D eigenvalue weighted by Gasteiger charge is -2.13.